The fourth-order valence-corrected chi connectivity index (χ4v) is 1.48. The molecule has 0 radical (unpaired) electrons. The lowest BCUT2D eigenvalue weighted by Crippen LogP contribution is -2.28. The number of carbonyl (C=O) groups excluding carboxylic acids is 2. The highest BCUT2D eigenvalue weighted by Gasteiger charge is 2.29. The Kier molecular flexibility index (Phi) is 3.26. The SMILES string of the molecule is CCOC(=O)[C@H]1CCCCC1=O. The molecule has 0 aliphatic heterocycles. The number of rotatable bonds is 2. The molecular formula is C9H14O3. The number of ketones is 1. The van der Waals surface area contributed by atoms with Gasteiger partial charge in [-0.25, -0.2) is 0 Å². The summed E-state index contributed by atoms with van der Waals surface area (Å²) in [4.78, 5) is 22.4. The molecule has 1 atom stereocenters. The molecule has 1 aliphatic carbocycles. The van der Waals surface area contributed by atoms with Gasteiger partial charge in [-0.3, -0.25) is 9.59 Å². The topological polar surface area (TPSA) is 43.4 Å². The first kappa shape index (κ1) is 9.23. The smallest absolute Gasteiger partial charge is 0.316 e. The third kappa shape index (κ3) is 2.06. The van der Waals surface area contributed by atoms with Gasteiger partial charge in [0.05, 0.1) is 6.61 Å². The number of ether oxygens (including phenoxy) is 1. The van der Waals surface area contributed by atoms with Crippen LogP contribution in [0.15, 0.2) is 0 Å². The second-order valence-corrected chi connectivity index (χ2v) is 3.02. The van der Waals surface area contributed by atoms with Crippen LogP contribution in [-0.2, 0) is 14.3 Å². The van der Waals surface area contributed by atoms with E-state index in [1.165, 1.54) is 0 Å². The molecular weight excluding hydrogens is 156 g/mol. The van der Waals surface area contributed by atoms with Crippen LogP contribution in [0.4, 0.5) is 0 Å². The largest absolute Gasteiger partial charge is 0.465 e. The van der Waals surface area contributed by atoms with Gasteiger partial charge >= 0.3 is 5.97 Å². The van der Waals surface area contributed by atoms with Crippen LogP contribution < -0.4 is 0 Å². The average molecular weight is 170 g/mol. The zero-order chi connectivity index (χ0) is 8.97. The molecule has 1 aliphatic rings. The van der Waals surface area contributed by atoms with Gasteiger partial charge in [0.15, 0.2) is 0 Å². The summed E-state index contributed by atoms with van der Waals surface area (Å²) < 4.78 is 4.79. The predicted octanol–water partition coefficient (Wildman–Crippen LogP) is 1.31. The van der Waals surface area contributed by atoms with Crippen LogP contribution >= 0.6 is 0 Å². The molecule has 0 unspecified atom stereocenters. The van der Waals surface area contributed by atoms with E-state index in [1.807, 2.05) is 0 Å². The second-order valence-electron chi connectivity index (χ2n) is 3.02. The molecule has 1 rings (SSSR count). The average Bonchev–Trinajstić information content (AvgIpc) is 2.05. The molecule has 12 heavy (non-hydrogen) atoms. The molecule has 1 saturated carbocycles. The lowest BCUT2D eigenvalue weighted by atomic mass is 9.88. The third-order valence-corrected chi connectivity index (χ3v) is 2.13. The van der Waals surface area contributed by atoms with E-state index in [0.717, 1.165) is 12.8 Å². The van der Waals surface area contributed by atoms with Gasteiger partial charge in [0.25, 0.3) is 0 Å². The van der Waals surface area contributed by atoms with Crippen LogP contribution in [0.1, 0.15) is 32.6 Å². The van der Waals surface area contributed by atoms with Gasteiger partial charge < -0.3 is 4.74 Å². The molecule has 0 aromatic heterocycles. The number of hydrogen-bond acceptors (Lipinski definition) is 3. The van der Waals surface area contributed by atoms with E-state index < -0.39 is 5.92 Å². The van der Waals surface area contributed by atoms with E-state index in [2.05, 4.69) is 0 Å². The van der Waals surface area contributed by atoms with Crippen molar-refractivity contribution in [3.8, 4) is 0 Å². The fraction of sp³-hybridized carbons (Fsp3) is 0.778. The Labute approximate surface area is 72.1 Å². The first-order chi connectivity index (χ1) is 5.75. The van der Waals surface area contributed by atoms with Crippen molar-refractivity contribution < 1.29 is 14.3 Å². The Morgan fingerprint density at radius 2 is 2.33 bits per heavy atom. The van der Waals surface area contributed by atoms with Gasteiger partial charge in [-0.2, -0.15) is 0 Å². The zero-order valence-corrected chi connectivity index (χ0v) is 7.34. The lowest BCUT2D eigenvalue weighted by Gasteiger charge is -2.18. The number of esters is 1. The summed E-state index contributed by atoms with van der Waals surface area (Å²) in [6.07, 6.45) is 3.12. The van der Waals surface area contributed by atoms with Gasteiger partial charge in [-0.05, 0) is 19.8 Å². The summed E-state index contributed by atoms with van der Waals surface area (Å²) in [6.45, 7) is 2.12. The number of hydrogen-bond donors (Lipinski definition) is 0. The Hall–Kier alpha value is -0.860. The molecule has 68 valence electrons. The van der Waals surface area contributed by atoms with Crippen molar-refractivity contribution in [2.75, 3.05) is 6.61 Å². The minimum Gasteiger partial charge on any atom is -0.465 e. The zero-order valence-electron chi connectivity index (χ0n) is 7.34. The summed E-state index contributed by atoms with van der Waals surface area (Å²) in [6, 6.07) is 0. The van der Waals surface area contributed by atoms with Gasteiger partial charge in [-0.15, -0.1) is 0 Å². The molecule has 3 heteroatoms. The maximum Gasteiger partial charge on any atom is 0.316 e. The highest BCUT2D eigenvalue weighted by Crippen LogP contribution is 2.21. The third-order valence-electron chi connectivity index (χ3n) is 2.13. The van der Waals surface area contributed by atoms with Crippen LogP contribution in [0.25, 0.3) is 0 Å². The van der Waals surface area contributed by atoms with Crippen molar-refractivity contribution in [3.05, 3.63) is 0 Å². The molecule has 0 amide bonds. The number of Topliss-reactive ketones (excluding diaryl/α,β-unsaturated/α-hetero) is 1. The quantitative estimate of drug-likeness (QED) is 0.463. The van der Waals surface area contributed by atoms with E-state index >= 15 is 0 Å². The minimum atomic E-state index is -0.460. The Bertz CT molecular complexity index is 186. The first-order valence-electron chi connectivity index (χ1n) is 4.45. The highest BCUT2D eigenvalue weighted by atomic mass is 16.5. The molecule has 0 bridgehead atoms. The standard InChI is InChI=1S/C9H14O3/c1-2-12-9(11)7-5-3-4-6-8(7)10/h7H,2-6H2,1H3/t7-/m0/s1. The predicted molar refractivity (Wildman–Crippen MR) is 43.6 cm³/mol. The molecule has 0 N–H and O–H groups in total. The van der Waals surface area contributed by atoms with E-state index in [1.54, 1.807) is 6.92 Å². The molecule has 0 aromatic carbocycles. The Morgan fingerprint density at radius 1 is 1.58 bits per heavy atom. The lowest BCUT2D eigenvalue weighted by molar-refractivity contribution is -0.152. The van der Waals surface area contributed by atoms with E-state index in [0.29, 0.717) is 19.4 Å². The van der Waals surface area contributed by atoms with Crippen molar-refractivity contribution in [3.63, 3.8) is 0 Å². The van der Waals surface area contributed by atoms with Crippen LogP contribution in [0.5, 0.6) is 0 Å². The van der Waals surface area contributed by atoms with Crippen molar-refractivity contribution in [1.82, 2.24) is 0 Å². The second kappa shape index (κ2) is 4.24. The van der Waals surface area contributed by atoms with E-state index in [4.69, 9.17) is 4.74 Å². The van der Waals surface area contributed by atoms with Gasteiger partial charge in [0.1, 0.15) is 11.7 Å². The first-order valence-corrected chi connectivity index (χ1v) is 4.45. The summed E-state index contributed by atoms with van der Waals surface area (Å²) in [5.74, 6) is -0.736. The van der Waals surface area contributed by atoms with Crippen LogP contribution in [0.3, 0.4) is 0 Å². The van der Waals surface area contributed by atoms with E-state index in [9.17, 15) is 9.59 Å². The molecule has 3 nitrogen and oxygen atoms in total. The monoisotopic (exact) mass is 170 g/mol. The Balaban J connectivity index is 2.48. The fourth-order valence-electron chi connectivity index (χ4n) is 1.48. The molecule has 0 aromatic rings. The van der Waals surface area contributed by atoms with Crippen LogP contribution in [0, 0.1) is 5.92 Å². The summed E-state index contributed by atoms with van der Waals surface area (Å²) in [5, 5.41) is 0. The summed E-state index contributed by atoms with van der Waals surface area (Å²) in [7, 11) is 0. The normalized spacial score (nSPS) is 23.8. The van der Waals surface area contributed by atoms with Gasteiger partial charge in [-0.1, -0.05) is 6.42 Å². The maximum atomic E-state index is 11.2. The van der Waals surface area contributed by atoms with Crippen LogP contribution in [-0.4, -0.2) is 18.4 Å². The van der Waals surface area contributed by atoms with Crippen molar-refractivity contribution in [2.45, 2.75) is 32.6 Å². The maximum absolute atomic E-state index is 11.2. The van der Waals surface area contributed by atoms with Crippen molar-refractivity contribution in [2.24, 2.45) is 5.92 Å². The van der Waals surface area contributed by atoms with Gasteiger partial charge in [0.2, 0.25) is 0 Å². The Morgan fingerprint density at radius 3 is 2.92 bits per heavy atom. The minimum absolute atomic E-state index is 0.0553. The van der Waals surface area contributed by atoms with E-state index in [-0.39, 0.29) is 11.8 Å². The summed E-state index contributed by atoms with van der Waals surface area (Å²) >= 11 is 0. The van der Waals surface area contributed by atoms with Crippen molar-refractivity contribution in [1.29, 1.82) is 0 Å². The van der Waals surface area contributed by atoms with Crippen LogP contribution in [0.2, 0.25) is 0 Å². The number of carbonyl (C=O) groups is 2. The highest BCUT2D eigenvalue weighted by molar-refractivity contribution is 5.99. The molecule has 1 fully saturated rings. The summed E-state index contributed by atoms with van der Waals surface area (Å²) in [5.41, 5.74) is 0. The molecule has 0 heterocycles. The van der Waals surface area contributed by atoms with Gasteiger partial charge in [0, 0.05) is 6.42 Å². The van der Waals surface area contributed by atoms with Crippen molar-refractivity contribution >= 4 is 11.8 Å². The molecule has 0 saturated heterocycles. The molecule has 0 spiro atoms.